The fourth-order valence-electron chi connectivity index (χ4n) is 1.59. The summed E-state index contributed by atoms with van der Waals surface area (Å²) in [5.41, 5.74) is 2.86. The van der Waals surface area contributed by atoms with Gasteiger partial charge in [0.15, 0.2) is 5.82 Å². The van der Waals surface area contributed by atoms with Crippen LogP contribution in [0, 0.1) is 10.5 Å². The Morgan fingerprint density at radius 1 is 1.28 bits per heavy atom. The van der Waals surface area contributed by atoms with E-state index in [0.717, 1.165) is 20.5 Å². The van der Waals surface area contributed by atoms with Crippen LogP contribution in [0.5, 0.6) is 0 Å². The Morgan fingerprint density at radius 3 is 2.61 bits per heavy atom. The first-order valence-corrected chi connectivity index (χ1v) is 7.10. The Hall–Kier alpha value is -0.750. The molecule has 0 aliphatic carbocycles. The highest BCUT2D eigenvalue weighted by atomic mass is 127. The average Bonchev–Trinajstić information content (AvgIpc) is 2.32. The predicted octanol–water partition coefficient (Wildman–Crippen LogP) is 4.23. The van der Waals surface area contributed by atoms with Gasteiger partial charge in [-0.05, 0) is 53.1 Å². The first-order chi connectivity index (χ1) is 8.49. The molecular weight excluding hydrogens is 361 g/mol. The van der Waals surface area contributed by atoms with Crippen molar-refractivity contribution in [2.75, 3.05) is 0 Å². The van der Waals surface area contributed by atoms with E-state index in [1.807, 2.05) is 19.1 Å². The van der Waals surface area contributed by atoms with E-state index < -0.39 is 0 Å². The molecule has 5 heteroatoms. The Bertz CT molecular complexity index is 584. The Balaban J connectivity index is 2.59. The standard InChI is InChI=1S/C13H13ClIN3/c1-7(2)11-10(15)12(14)18-13(17-11)9-6-8(3)4-5-16-9/h4-7H,1-3H3. The molecule has 0 aromatic carbocycles. The summed E-state index contributed by atoms with van der Waals surface area (Å²) in [6.07, 6.45) is 1.76. The predicted molar refractivity (Wildman–Crippen MR) is 81.8 cm³/mol. The number of aromatic nitrogens is 3. The quantitative estimate of drug-likeness (QED) is 0.584. The van der Waals surface area contributed by atoms with Crippen LogP contribution in [0.3, 0.4) is 0 Å². The van der Waals surface area contributed by atoms with Gasteiger partial charge in [0, 0.05) is 6.20 Å². The minimum Gasteiger partial charge on any atom is -0.253 e. The molecule has 0 saturated carbocycles. The molecule has 94 valence electrons. The highest BCUT2D eigenvalue weighted by Gasteiger charge is 2.15. The van der Waals surface area contributed by atoms with Gasteiger partial charge in [-0.3, -0.25) is 4.98 Å². The molecule has 0 spiro atoms. The first kappa shape index (κ1) is 13.7. The van der Waals surface area contributed by atoms with Crippen molar-refractivity contribution < 1.29 is 0 Å². The van der Waals surface area contributed by atoms with E-state index in [0.29, 0.717) is 16.9 Å². The molecule has 0 radical (unpaired) electrons. The fourth-order valence-corrected chi connectivity index (χ4v) is 2.63. The third-order valence-corrected chi connectivity index (χ3v) is 4.18. The summed E-state index contributed by atoms with van der Waals surface area (Å²) in [6, 6.07) is 3.91. The lowest BCUT2D eigenvalue weighted by molar-refractivity contribution is 0.807. The van der Waals surface area contributed by atoms with E-state index in [2.05, 4.69) is 51.4 Å². The maximum atomic E-state index is 6.17. The van der Waals surface area contributed by atoms with Gasteiger partial charge in [0.2, 0.25) is 0 Å². The van der Waals surface area contributed by atoms with Crippen LogP contribution in [0.1, 0.15) is 31.0 Å². The molecule has 0 unspecified atom stereocenters. The third-order valence-electron chi connectivity index (χ3n) is 2.53. The third kappa shape index (κ3) is 2.80. The number of halogens is 2. The lowest BCUT2D eigenvalue weighted by Crippen LogP contribution is -2.03. The molecule has 2 aromatic heterocycles. The van der Waals surface area contributed by atoms with Crippen molar-refractivity contribution >= 4 is 34.2 Å². The monoisotopic (exact) mass is 373 g/mol. The van der Waals surface area contributed by atoms with Crippen LogP contribution < -0.4 is 0 Å². The molecule has 2 heterocycles. The van der Waals surface area contributed by atoms with Crippen molar-refractivity contribution in [1.82, 2.24) is 15.0 Å². The molecule has 2 rings (SSSR count). The molecule has 0 saturated heterocycles. The maximum Gasteiger partial charge on any atom is 0.179 e. The van der Waals surface area contributed by atoms with Crippen molar-refractivity contribution in [3.63, 3.8) is 0 Å². The summed E-state index contributed by atoms with van der Waals surface area (Å²) in [6.45, 7) is 6.20. The Kier molecular flexibility index (Phi) is 4.17. The molecule has 18 heavy (non-hydrogen) atoms. The van der Waals surface area contributed by atoms with Crippen LogP contribution >= 0.6 is 34.2 Å². The van der Waals surface area contributed by atoms with Gasteiger partial charge in [0.25, 0.3) is 0 Å². The van der Waals surface area contributed by atoms with Crippen molar-refractivity contribution in [3.8, 4) is 11.5 Å². The van der Waals surface area contributed by atoms with Gasteiger partial charge >= 0.3 is 0 Å². The molecule has 0 N–H and O–H groups in total. The van der Waals surface area contributed by atoms with E-state index in [4.69, 9.17) is 11.6 Å². The minimum atomic E-state index is 0.306. The molecule has 3 nitrogen and oxygen atoms in total. The normalized spacial score (nSPS) is 11.0. The zero-order chi connectivity index (χ0) is 13.3. The van der Waals surface area contributed by atoms with E-state index >= 15 is 0 Å². The van der Waals surface area contributed by atoms with Gasteiger partial charge in [0.1, 0.15) is 10.8 Å². The van der Waals surface area contributed by atoms with Crippen LogP contribution in [0.15, 0.2) is 18.3 Å². The smallest absolute Gasteiger partial charge is 0.179 e. The number of aryl methyl sites for hydroxylation is 1. The van der Waals surface area contributed by atoms with Gasteiger partial charge in [-0.15, -0.1) is 0 Å². The molecule has 2 aromatic rings. The second kappa shape index (κ2) is 5.48. The van der Waals surface area contributed by atoms with Gasteiger partial charge in [-0.2, -0.15) is 0 Å². The molecule has 0 aliphatic heterocycles. The van der Waals surface area contributed by atoms with Crippen LogP contribution in [-0.4, -0.2) is 15.0 Å². The van der Waals surface area contributed by atoms with Crippen LogP contribution in [0.2, 0.25) is 5.15 Å². The van der Waals surface area contributed by atoms with Crippen molar-refractivity contribution in [1.29, 1.82) is 0 Å². The number of hydrogen-bond acceptors (Lipinski definition) is 3. The zero-order valence-corrected chi connectivity index (χ0v) is 13.3. The average molecular weight is 374 g/mol. The Morgan fingerprint density at radius 2 is 2.00 bits per heavy atom. The van der Waals surface area contributed by atoms with Crippen molar-refractivity contribution in [3.05, 3.63) is 38.3 Å². The lowest BCUT2D eigenvalue weighted by atomic mass is 10.1. The number of pyridine rings is 1. The maximum absolute atomic E-state index is 6.17. The summed E-state index contributed by atoms with van der Waals surface area (Å²) in [7, 11) is 0. The first-order valence-electron chi connectivity index (χ1n) is 5.65. The van der Waals surface area contributed by atoms with Crippen LogP contribution in [-0.2, 0) is 0 Å². The minimum absolute atomic E-state index is 0.306. The molecule has 0 fully saturated rings. The summed E-state index contributed by atoms with van der Waals surface area (Å²) in [5, 5.41) is 0.493. The summed E-state index contributed by atoms with van der Waals surface area (Å²) in [4.78, 5) is 13.2. The van der Waals surface area contributed by atoms with Crippen LogP contribution in [0.4, 0.5) is 0 Å². The summed E-state index contributed by atoms with van der Waals surface area (Å²) in [5.74, 6) is 0.897. The fraction of sp³-hybridized carbons (Fsp3) is 0.308. The second-order valence-corrected chi connectivity index (χ2v) is 5.85. The van der Waals surface area contributed by atoms with Crippen molar-refractivity contribution in [2.24, 2.45) is 0 Å². The SMILES string of the molecule is Cc1ccnc(-c2nc(Cl)c(I)c(C(C)C)n2)c1. The molecule has 0 aliphatic rings. The number of hydrogen-bond donors (Lipinski definition) is 0. The highest BCUT2D eigenvalue weighted by molar-refractivity contribution is 14.1. The van der Waals surface area contributed by atoms with Gasteiger partial charge in [-0.25, -0.2) is 9.97 Å². The Labute approximate surface area is 125 Å². The summed E-state index contributed by atoms with van der Waals surface area (Å²) < 4.78 is 0.917. The van der Waals surface area contributed by atoms with Crippen molar-refractivity contribution in [2.45, 2.75) is 26.7 Å². The van der Waals surface area contributed by atoms with E-state index in [1.165, 1.54) is 0 Å². The number of nitrogens with zero attached hydrogens (tertiary/aromatic N) is 3. The van der Waals surface area contributed by atoms with E-state index in [1.54, 1.807) is 6.20 Å². The largest absolute Gasteiger partial charge is 0.253 e. The number of rotatable bonds is 2. The van der Waals surface area contributed by atoms with E-state index in [9.17, 15) is 0 Å². The van der Waals surface area contributed by atoms with Gasteiger partial charge < -0.3 is 0 Å². The highest BCUT2D eigenvalue weighted by Crippen LogP contribution is 2.27. The lowest BCUT2D eigenvalue weighted by Gasteiger charge is -2.10. The summed E-state index contributed by atoms with van der Waals surface area (Å²) >= 11 is 8.35. The zero-order valence-electron chi connectivity index (χ0n) is 10.4. The molecular formula is C13H13ClIN3. The van der Waals surface area contributed by atoms with E-state index in [-0.39, 0.29) is 0 Å². The van der Waals surface area contributed by atoms with Crippen LogP contribution in [0.25, 0.3) is 11.5 Å². The second-order valence-electron chi connectivity index (χ2n) is 4.41. The topological polar surface area (TPSA) is 38.7 Å². The van der Waals surface area contributed by atoms with Gasteiger partial charge in [0.05, 0.1) is 9.26 Å². The molecule has 0 bridgehead atoms. The molecule has 0 atom stereocenters. The van der Waals surface area contributed by atoms with Gasteiger partial charge in [-0.1, -0.05) is 25.4 Å². The molecule has 0 amide bonds.